The standard InChI is InChI=1S/C8H12N2S2/c1-2-3-4-8(10-7-12)5-9-6-11/h8H,2-5H2,1H3. The van der Waals surface area contributed by atoms with E-state index in [1.807, 2.05) is 0 Å². The number of isothiocyanates is 2. The Bertz CT molecular complexity index is 203. The maximum atomic E-state index is 4.52. The first-order chi connectivity index (χ1) is 5.85. The zero-order valence-electron chi connectivity index (χ0n) is 7.12. The lowest BCUT2D eigenvalue weighted by molar-refractivity contribution is 0.591. The van der Waals surface area contributed by atoms with Crippen LogP contribution in [0.25, 0.3) is 0 Å². The van der Waals surface area contributed by atoms with Gasteiger partial charge in [-0.3, -0.25) is 0 Å². The molecule has 66 valence electrons. The van der Waals surface area contributed by atoms with E-state index in [0.717, 1.165) is 19.3 Å². The van der Waals surface area contributed by atoms with Crippen LogP contribution in [0.15, 0.2) is 9.98 Å². The second-order valence-electron chi connectivity index (χ2n) is 2.45. The van der Waals surface area contributed by atoms with E-state index in [2.05, 4.69) is 51.7 Å². The lowest BCUT2D eigenvalue weighted by Gasteiger charge is -2.04. The third-order valence-corrected chi connectivity index (χ3v) is 1.73. The van der Waals surface area contributed by atoms with Gasteiger partial charge in [-0.1, -0.05) is 19.8 Å². The van der Waals surface area contributed by atoms with Crippen molar-refractivity contribution in [3.05, 3.63) is 0 Å². The molecule has 12 heavy (non-hydrogen) atoms. The Hall–Kier alpha value is -0.400. The summed E-state index contributed by atoms with van der Waals surface area (Å²) in [6.45, 7) is 2.73. The molecule has 0 fully saturated rings. The monoisotopic (exact) mass is 200 g/mol. The second kappa shape index (κ2) is 8.69. The molecule has 0 aliphatic rings. The molecule has 0 spiro atoms. The van der Waals surface area contributed by atoms with Gasteiger partial charge in [-0.25, -0.2) is 9.98 Å². The molecular formula is C8H12N2S2. The third kappa shape index (κ3) is 6.32. The van der Waals surface area contributed by atoms with Gasteiger partial charge in [-0.15, -0.1) is 0 Å². The summed E-state index contributed by atoms with van der Waals surface area (Å²) >= 11 is 8.99. The number of hydrogen-bond acceptors (Lipinski definition) is 4. The molecule has 0 amide bonds. The van der Waals surface area contributed by atoms with E-state index >= 15 is 0 Å². The maximum Gasteiger partial charge on any atom is 0.0805 e. The zero-order chi connectivity index (χ0) is 9.23. The summed E-state index contributed by atoms with van der Waals surface area (Å²) in [7, 11) is 0. The van der Waals surface area contributed by atoms with Crippen molar-refractivity contribution in [1.29, 1.82) is 0 Å². The molecule has 0 aliphatic carbocycles. The lowest BCUT2D eigenvalue weighted by atomic mass is 10.1. The van der Waals surface area contributed by atoms with Crippen molar-refractivity contribution in [2.45, 2.75) is 32.2 Å². The van der Waals surface area contributed by atoms with Crippen molar-refractivity contribution in [3.8, 4) is 0 Å². The maximum absolute atomic E-state index is 4.52. The molecule has 0 saturated heterocycles. The van der Waals surface area contributed by atoms with E-state index in [9.17, 15) is 0 Å². The molecule has 0 aromatic heterocycles. The van der Waals surface area contributed by atoms with Gasteiger partial charge < -0.3 is 0 Å². The van der Waals surface area contributed by atoms with Crippen LogP contribution in [-0.4, -0.2) is 22.9 Å². The summed E-state index contributed by atoms with van der Waals surface area (Å²) < 4.78 is 0. The molecule has 0 bridgehead atoms. The number of rotatable bonds is 6. The predicted molar refractivity (Wildman–Crippen MR) is 58.2 cm³/mol. The van der Waals surface area contributed by atoms with Gasteiger partial charge in [-0.2, -0.15) is 0 Å². The first-order valence-electron chi connectivity index (χ1n) is 3.95. The molecule has 1 unspecified atom stereocenters. The van der Waals surface area contributed by atoms with Crippen LogP contribution in [0.2, 0.25) is 0 Å². The average molecular weight is 200 g/mol. The van der Waals surface area contributed by atoms with Gasteiger partial charge >= 0.3 is 0 Å². The first kappa shape index (κ1) is 11.6. The van der Waals surface area contributed by atoms with Crippen LogP contribution in [0.3, 0.4) is 0 Å². The Balaban J connectivity index is 3.85. The Morgan fingerprint density at radius 1 is 1.33 bits per heavy atom. The summed E-state index contributed by atoms with van der Waals surface area (Å²) in [5, 5.41) is 4.69. The molecule has 0 saturated carbocycles. The fourth-order valence-corrected chi connectivity index (χ4v) is 1.08. The first-order valence-corrected chi connectivity index (χ1v) is 4.77. The average Bonchev–Trinajstić information content (AvgIpc) is 2.10. The molecule has 1 atom stereocenters. The van der Waals surface area contributed by atoms with Gasteiger partial charge in [-0.05, 0) is 30.9 Å². The van der Waals surface area contributed by atoms with Crippen LogP contribution in [0.4, 0.5) is 0 Å². The second-order valence-corrected chi connectivity index (χ2v) is 2.81. The van der Waals surface area contributed by atoms with E-state index in [1.165, 1.54) is 0 Å². The van der Waals surface area contributed by atoms with Gasteiger partial charge in [0.05, 0.1) is 22.9 Å². The van der Waals surface area contributed by atoms with E-state index < -0.39 is 0 Å². The van der Waals surface area contributed by atoms with Gasteiger partial charge in [0.15, 0.2) is 0 Å². The highest BCUT2D eigenvalue weighted by Gasteiger charge is 2.03. The highest BCUT2D eigenvalue weighted by molar-refractivity contribution is 7.78. The number of thiocarbonyl (C=S) groups is 2. The molecule has 4 heteroatoms. The molecule has 0 aromatic rings. The molecule has 0 heterocycles. The van der Waals surface area contributed by atoms with Gasteiger partial charge in [0, 0.05) is 0 Å². The Kier molecular flexibility index (Phi) is 8.40. The minimum Gasteiger partial charge on any atom is -0.230 e. The molecule has 2 nitrogen and oxygen atoms in total. The van der Waals surface area contributed by atoms with Crippen LogP contribution >= 0.6 is 24.4 Å². The predicted octanol–water partition coefficient (Wildman–Crippen LogP) is 2.75. The Morgan fingerprint density at radius 2 is 2.08 bits per heavy atom. The van der Waals surface area contributed by atoms with E-state index in [-0.39, 0.29) is 6.04 Å². The molecule has 0 aromatic carbocycles. The van der Waals surface area contributed by atoms with Crippen molar-refractivity contribution >= 4 is 34.8 Å². The van der Waals surface area contributed by atoms with Crippen molar-refractivity contribution in [3.63, 3.8) is 0 Å². The fourth-order valence-electron chi connectivity index (χ4n) is 0.854. The minimum absolute atomic E-state index is 0.151. The third-order valence-electron chi connectivity index (χ3n) is 1.49. The van der Waals surface area contributed by atoms with Gasteiger partial charge in [0.25, 0.3) is 0 Å². The smallest absolute Gasteiger partial charge is 0.0805 e. The minimum atomic E-state index is 0.151. The topological polar surface area (TPSA) is 24.7 Å². The molecule has 0 aliphatic heterocycles. The Labute approximate surface area is 83.8 Å². The highest BCUT2D eigenvalue weighted by Crippen LogP contribution is 2.04. The van der Waals surface area contributed by atoms with Gasteiger partial charge in [0.1, 0.15) is 0 Å². The van der Waals surface area contributed by atoms with Crippen molar-refractivity contribution in [2.24, 2.45) is 9.98 Å². The molecule has 0 rings (SSSR count). The summed E-state index contributed by atoms with van der Waals surface area (Å²) in [5.74, 6) is 0. The zero-order valence-corrected chi connectivity index (χ0v) is 8.75. The SMILES string of the molecule is CCCCC(CN=C=S)N=C=S. The number of hydrogen-bond donors (Lipinski definition) is 0. The quantitative estimate of drug-likeness (QED) is 0.486. The van der Waals surface area contributed by atoms with Crippen molar-refractivity contribution < 1.29 is 0 Å². The summed E-state index contributed by atoms with van der Waals surface area (Å²) in [4.78, 5) is 7.81. The fraction of sp³-hybridized carbons (Fsp3) is 0.750. The summed E-state index contributed by atoms with van der Waals surface area (Å²) in [5.41, 5.74) is 0. The van der Waals surface area contributed by atoms with Crippen LogP contribution in [0, 0.1) is 0 Å². The molecular weight excluding hydrogens is 188 g/mol. The summed E-state index contributed by atoms with van der Waals surface area (Å²) in [6.07, 6.45) is 3.30. The number of nitrogens with zero attached hydrogens (tertiary/aromatic N) is 2. The molecule has 0 radical (unpaired) electrons. The van der Waals surface area contributed by atoms with Crippen LogP contribution in [-0.2, 0) is 0 Å². The van der Waals surface area contributed by atoms with Crippen molar-refractivity contribution in [1.82, 2.24) is 0 Å². The number of aliphatic imine (C=N–C) groups is 2. The van der Waals surface area contributed by atoms with E-state index in [0.29, 0.717) is 6.54 Å². The Morgan fingerprint density at radius 3 is 2.58 bits per heavy atom. The van der Waals surface area contributed by atoms with E-state index in [4.69, 9.17) is 0 Å². The lowest BCUT2D eigenvalue weighted by Crippen LogP contribution is -2.07. The summed E-state index contributed by atoms with van der Waals surface area (Å²) in [6, 6.07) is 0.151. The largest absolute Gasteiger partial charge is 0.230 e. The normalized spacial score (nSPS) is 11.1. The van der Waals surface area contributed by atoms with E-state index in [1.54, 1.807) is 0 Å². The van der Waals surface area contributed by atoms with Crippen LogP contribution in [0.1, 0.15) is 26.2 Å². The van der Waals surface area contributed by atoms with Crippen molar-refractivity contribution in [2.75, 3.05) is 6.54 Å². The van der Waals surface area contributed by atoms with Crippen LogP contribution < -0.4 is 0 Å². The van der Waals surface area contributed by atoms with Crippen LogP contribution in [0.5, 0.6) is 0 Å². The highest BCUT2D eigenvalue weighted by atomic mass is 32.1. The number of unbranched alkanes of at least 4 members (excludes halogenated alkanes) is 1. The van der Waals surface area contributed by atoms with Gasteiger partial charge in [0.2, 0.25) is 0 Å². The molecule has 0 N–H and O–H groups in total.